The lowest BCUT2D eigenvalue weighted by molar-refractivity contribution is -0.146. The Morgan fingerprint density at radius 2 is 2.06 bits per heavy atom. The van der Waals surface area contributed by atoms with E-state index < -0.39 is 35.0 Å². The molecule has 0 aliphatic carbocycles. The number of para-hydroxylation sites is 1. The second kappa shape index (κ2) is 8.01. The molecule has 3 aliphatic rings. The van der Waals surface area contributed by atoms with Gasteiger partial charge in [-0.05, 0) is 44.2 Å². The van der Waals surface area contributed by atoms with Gasteiger partial charge in [0.05, 0.1) is 28.1 Å². The molecule has 9 heteroatoms. The number of carbonyl (C=O) groups is 3. The number of amides is 3. The van der Waals surface area contributed by atoms with Crippen LogP contribution in [0.3, 0.4) is 0 Å². The predicted octanol–water partition coefficient (Wildman–Crippen LogP) is 1.73. The molecule has 174 valence electrons. The number of ether oxygens (including phenoxy) is 1. The number of fused-ring (bicyclic) bond motifs is 1. The summed E-state index contributed by atoms with van der Waals surface area (Å²) in [7, 11) is 1.54. The van der Waals surface area contributed by atoms with E-state index in [-0.39, 0.29) is 30.9 Å². The van der Waals surface area contributed by atoms with Gasteiger partial charge in [-0.2, -0.15) is 0 Å². The lowest BCUT2D eigenvalue weighted by Gasteiger charge is -2.36. The number of aliphatic hydroxyl groups excluding tert-OH is 1. The lowest BCUT2D eigenvalue weighted by atomic mass is 9.62. The highest BCUT2D eigenvalue weighted by atomic mass is 35.5. The van der Waals surface area contributed by atoms with Gasteiger partial charge in [0.25, 0.3) is 0 Å². The standard InChI is InChI=1S/C23H30ClN3O5/c1-12-7-5-8-14(24)17(12)26-20(30)18-23-11-13(2)22(3,32-23)15(19(29)25-4)16(23)21(31)27(18)9-6-10-28/h5,7-8,13,15-16,18,28H,6,9-11H2,1-4H3,(H,25,29)(H,26,30)/t13?,15-,16+,18?,22+,23?/m1/s1. The van der Waals surface area contributed by atoms with Crippen LogP contribution in [0.1, 0.15) is 32.3 Å². The number of hydrogen-bond donors (Lipinski definition) is 3. The van der Waals surface area contributed by atoms with Crippen LogP contribution in [0.25, 0.3) is 0 Å². The smallest absolute Gasteiger partial charge is 0.250 e. The quantitative estimate of drug-likeness (QED) is 0.595. The van der Waals surface area contributed by atoms with Crippen LogP contribution in [0.4, 0.5) is 5.69 Å². The molecular weight excluding hydrogens is 434 g/mol. The minimum absolute atomic E-state index is 0.0241. The third-order valence-electron chi connectivity index (χ3n) is 7.62. The molecule has 0 radical (unpaired) electrons. The molecule has 32 heavy (non-hydrogen) atoms. The average Bonchev–Trinajstić information content (AvgIpc) is 3.25. The van der Waals surface area contributed by atoms with E-state index in [1.807, 2.05) is 26.8 Å². The first kappa shape index (κ1) is 23.0. The fourth-order valence-electron chi connectivity index (χ4n) is 6.06. The first-order valence-electron chi connectivity index (χ1n) is 11.0. The van der Waals surface area contributed by atoms with Crippen molar-refractivity contribution in [2.75, 3.05) is 25.5 Å². The number of benzene rings is 1. The Morgan fingerprint density at radius 1 is 1.34 bits per heavy atom. The van der Waals surface area contributed by atoms with Gasteiger partial charge in [-0.15, -0.1) is 0 Å². The first-order valence-corrected chi connectivity index (χ1v) is 11.4. The van der Waals surface area contributed by atoms with Crippen LogP contribution in [0.15, 0.2) is 18.2 Å². The van der Waals surface area contributed by atoms with Gasteiger partial charge in [0.1, 0.15) is 11.6 Å². The highest BCUT2D eigenvalue weighted by Crippen LogP contribution is 2.65. The number of hydrogen-bond acceptors (Lipinski definition) is 5. The predicted molar refractivity (Wildman–Crippen MR) is 119 cm³/mol. The van der Waals surface area contributed by atoms with Gasteiger partial charge in [-0.25, -0.2) is 0 Å². The number of aryl methyl sites for hydroxylation is 1. The van der Waals surface area contributed by atoms with E-state index in [9.17, 15) is 19.5 Å². The van der Waals surface area contributed by atoms with E-state index in [0.29, 0.717) is 23.6 Å². The van der Waals surface area contributed by atoms with Crippen LogP contribution < -0.4 is 10.6 Å². The highest BCUT2D eigenvalue weighted by molar-refractivity contribution is 6.34. The molecule has 3 unspecified atom stereocenters. The van der Waals surface area contributed by atoms with Gasteiger partial charge in [0.2, 0.25) is 17.7 Å². The van der Waals surface area contributed by atoms with E-state index >= 15 is 0 Å². The van der Waals surface area contributed by atoms with Crippen molar-refractivity contribution >= 4 is 35.0 Å². The van der Waals surface area contributed by atoms with Gasteiger partial charge < -0.3 is 25.4 Å². The number of nitrogens with one attached hydrogen (secondary N) is 2. The van der Waals surface area contributed by atoms with Crippen molar-refractivity contribution in [3.8, 4) is 0 Å². The van der Waals surface area contributed by atoms with Gasteiger partial charge in [-0.1, -0.05) is 30.7 Å². The lowest BCUT2D eigenvalue weighted by Crippen LogP contribution is -2.54. The largest absolute Gasteiger partial charge is 0.396 e. The summed E-state index contributed by atoms with van der Waals surface area (Å²) in [6.07, 6.45) is 0.809. The van der Waals surface area contributed by atoms with Crippen molar-refractivity contribution in [2.45, 2.75) is 50.9 Å². The SMILES string of the molecule is CNC(=O)[C@H]1[C@H]2C(=O)N(CCCO)C(C(=O)Nc3c(C)cccc3Cl)C23CC(C)[C@]1(C)O3. The summed E-state index contributed by atoms with van der Waals surface area (Å²) in [6, 6.07) is 4.40. The maximum absolute atomic E-state index is 13.7. The van der Waals surface area contributed by atoms with E-state index in [4.69, 9.17) is 16.3 Å². The van der Waals surface area contributed by atoms with Crippen molar-refractivity contribution < 1.29 is 24.2 Å². The second-order valence-corrected chi connectivity index (χ2v) is 9.76. The molecule has 1 aromatic carbocycles. The van der Waals surface area contributed by atoms with Crippen LogP contribution >= 0.6 is 11.6 Å². The molecule has 4 rings (SSSR count). The molecule has 3 amide bonds. The minimum atomic E-state index is -1.11. The summed E-state index contributed by atoms with van der Waals surface area (Å²) in [5.41, 5.74) is -0.672. The summed E-state index contributed by atoms with van der Waals surface area (Å²) in [4.78, 5) is 41.7. The monoisotopic (exact) mass is 463 g/mol. The molecule has 3 heterocycles. The molecule has 3 fully saturated rings. The van der Waals surface area contributed by atoms with E-state index in [2.05, 4.69) is 10.6 Å². The maximum Gasteiger partial charge on any atom is 0.250 e. The molecule has 8 nitrogen and oxygen atoms in total. The fraction of sp³-hybridized carbons (Fsp3) is 0.609. The number of likely N-dealkylation sites (tertiary alicyclic amines) is 1. The first-order chi connectivity index (χ1) is 15.1. The Morgan fingerprint density at radius 3 is 2.69 bits per heavy atom. The van der Waals surface area contributed by atoms with Crippen molar-refractivity contribution in [3.05, 3.63) is 28.8 Å². The topological polar surface area (TPSA) is 108 Å². The van der Waals surface area contributed by atoms with E-state index in [0.717, 1.165) is 5.56 Å². The molecule has 6 atom stereocenters. The molecule has 2 bridgehead atoms. The Labute approximate surface area is 192 Å². The Hall–Kier alpha value is -2.16. The van der Waals surface area contributed by atoms with Gasteiger partial charge >= 0.3 is 0 Å². The normalized spacial score (nSPS) is 35.2. The van der Waals surface area contributed by atoms with Crippen LogP contribution in [-0.4, -0.2) is 65.2 Å². The fourth-order valence-corrected chi connectivity index (χ4v) is 6.33. The number of anilines is 1. The Bertz CT molecular complexity index is 951. The molecular formula is C23H30ClN3O5. The van der Waals surface area contributed by atoms with Gasteiger partial charge in [-0.3, -0.25) is 14.4 Å². The number of carbonyl (C=O) groups excluding carboxylic acids is 3. The summed E-state index contributed by atoms with van der Waals surface area (Å²) in [6.45, 7) is 5.78. The average molecular weight is 464 g/mol. The molecule has 1 aromatic rings. The Balaban J connectivity index is 1.78. The summed E-state index contributed by atoms with van der Waals surface area (Å²) in [5, 5.41) is 15.4. The molecule has 0 saturated carbocycles. The van der Waals surface area contributed by atoms with Gasteiger partial charge in [0.15, 0.2) is 0 Å². The zero-order valence-corrected chi connectivity index (χ0v) is 19.5. The van der Waals surface area contributed by atoms with Crippen molar-refractivity contribution in [1.82, 2.24) is 10.2 Å². The maximum atomic E-state index is 13.7. The van der Waals surface area contributed by atoms with E-state index in [1.54, 1.807) is 19.2 Å². The zero-order chi connectivity index (χ0) is 23.4. The third-order valence-corrected chi connectivity index (χ3v) is 7.93. The number of halogens is 1. The number of nitrogens with zero attached hydrogens (tertiary/aromatic N) is 1. The zero-order valence-electron chi connectivity index (χ0n) is 18.8. The minimum Gasteiger partial charge on any atom is -0.396 e. The van der Waals surface area contributed by atoms with Crippen LogP contribution in [0.2, 0.25) is 5.02 Å². The third kappa shape index (κ3) is 3.07. The van der Waals surface area contributed by atoms with Crippen molar-refractivity contribution in [2.24, 2.45) is 17.8 Å². The van der Waals surface area contributed by atoms with Crippen molar-refractivity contribution in [3.63, 3.8) is 0 Å². The molecule has 3 N–H and O–H groups in total. The summed E-state index contributed by atoms with van der Waals surface area (Å²) >= 11 is 6.33. The number of rotatable bonds is 6. The van der Waals surface area contributed by atoms with Crippen LogP contribution in [-0.2, 0) is 19.1 Å². The van der Waals surface area contributed by atoms with Crippen molar-refractivity contribution in [1.29, 1.82) is 0 Å². The molecule has 3 aliphatic heterocycles. The summed E-state index contributed by atoms with van der Waals surface area (Å²) < 4.78 is 6.55. The molecule has 0 aromatic heterocycles. The Kier molecular flexibility index (Phi) is 5.76. The molecule has 3 saturated heterocycles. The highest BCUT2D eigenvalue weighted by Gasteiger charge is 2.79. The molecule has 1 spiro atoms. The summed E-state index contributed by atoms with van der Waals surface area (Å²) in [5.74, 6) is -2.42. The second-order valence-electron chi connectivity index (χ2n) is 9.35. The van der Waals surface area contributed by atoms with Crippen LogP contribution in [0.5, 0.6) is 0 Å². The van der Waals surface area contributed by atoms with Gasteiger partial charge in [0, 0.05) is 20.2 Å². The van der Waals surface area contributed by atoms with Crippen LogP contribution in [0, 0.1) is 24.7 Å². The van der Waals surface area contributed by atoms with E-state index in [1.165, 1.54) is 4.90 Å². The number of aliphatic hydroxyl groups is 1.